The number of hydrogen-bond donors (Lipinski definition) is 1. The average Bonchev–Trinajstić information content (AvgIpc) is 2.47. The molecule has 0 spiro atoms. The number of amides is 1. The van der Waals surface area contributed by atoms with Crippen molar-refractivity contribution in [1.29, 1.82) is 0 Å². The fourth-order valence-corrected chi connectivity index (χ4v) is 3.21. The van der Waals surface area contributed by atoms with Crippen molar-refractivity contribution in [2.75, 3.05) is 5.32 Å². The second-order valence-electron chi connectivity index (χ2n) is 5.38. The van der Waals surface area contributed by atoms with E-state index in [-0.39, 0.29) is 18.7 Å². The molecule has 0 aromatic heterocycles. The van der Waals surface area contributed by atoms with Crippen molar-refractivity contribution < 1.29 is 18.0 Å². The average molecular weight is 364 g/mol. The molecule has 21 heavy (non-hydrogen) atoms. The number of rotatable bonds is 3. The summed E-state index contributed by atoms with van der Waals surface area (Å²) in [5.41, 5.74) is 1.57. The van der Waals surface area contributed by atoms with E-state index in [0.29, 0.717) is 23.9 Å². The Morgan fingerprint density at radius 3 is 2.67 bits per heavy atom. The molecule has 1 saturated carbocycles. The molecule has 2 nitrogen and oxygen atoms in total. The molecular formula is C15H17BrF3NO. The van der Waals surface area contributed by atoms with Crippen molar-refractivity contribution in [3.63, 3.8) is 0 Å². The third-order valence-electron chi connectivity index (χ3n) is 3.93. The highest BCUT2D eigenvalue weighted by atomic mass is 79.9. The second-order valence-corrected chi connectivity index (χ2v) is 5.94. The summed E-state index contributed by atoms with van der Waals surface area (Å²) in [6.45, 7) is 0. The van der Waals surface area contributed by atoms with Crippen LogP contribution in [0.5, 0.6) is 0 Å². The van der Waals surface area contributed by atoms with Crippen LogP contribution in [0, 0.1) is 11.8 Å². The third-order valence-corrected chi connectivity index (χ3v) is 4.53. The SMILES string of the molecule is O=C(Nc1ccccc1CBr)C1CCCC(C(F)(F)F)C1. The van der Waals surface area contributed by atoms with Crippen LogP contribution in [-0.4, -0.2) is 12.1 Å². The highest BCUT2D eigenvalue weighted by Crippen LogP contribution is 2.40. The summed E-state index contributed by atoms with van der Waals surface area (Å²) in [7, 11) is 0. The van der Waals surface area contributed by atoms with Crippen LogP contribution in [0.1, 0.15) is 31.2 Å². The van der Waals surface area contributed by atoms with Gasteiger partial charge in [-0.15, -0.1) is 0 Å². The number of anilines is 1. The number of alkyl halides is 4. The Labute approximate surface area is 130 Å². The minimum absolute atomic E-state index is 0.105. The number of hydrogen-bond acceptors (Lipinski definition) is 1. The first-order valence-electron chi connectivity index (χ1n) is 6.93. The molecule has 2 unspecified atom stereocenters. The molecule has 1 aromatic rings. The molecule has 1 fully saturated rings. The summed E-state index contributed by atoms with van der Waals surface area (Å²) < 4.78 is 38.4. The normalized spacial score (nSPS) is 22.9. The lowest BCUT2D eigenvalue weighted by molar-refractivity contribution is -0.185. The first-order chi connectivity index (χ1) is 9.91. The molecule has 116 valence electrons. The molecule has 0 aliphatic heterocycles. The summed E-state index contributed by atoms with van der Waals surface area (Å²) in [5, 5.41) is 3.35. The van der Waals surface area contributed by atoms with Crippen molar-refractivity contribution in [3.8, 4) is 0 Å². The van der Waals surface area contributed by atoms with Crippen molar-refractivity contribution in [1.82, 2.24) is 0 Å². The molecule has 1 N–H and O–H groups in total. The number of benzene rings is 1. The highest BCUT2D eigenvalue weighted by Gasteiger charge is 2.43. The Morgan fingerprint density at radius 2 is 2.00 bits per heavy atom. The Hall–Kier alpha value is -1.04. The zero-order valence-corrected chi connectivity index (χ0v) is 13.0. The molecule has 0 bridgehead atoms. The van der Waals surface area contributed by atoms with Gasteiger partial charge in [-0.05, 0) is 30.9 Å². The Kier molecular flexibility index (Phi) is 5.30. The number of carbonyl (C=O) groups is 1. The molecule has 0 radical (unpaired) electrons. The molecule has 0 heterocycles. The molecule has 6 heteroatoms. The lowest BCUT2D eigenvalue weighted by Crippen LogP contribution is -2.34. The van der Waals surface area contributed by atoms with Gasteiger partial charge in [0, 0.05) is 16.9 Å². The second kappa shape index (κ2) is 6.81. The predicted octanol–water partition coefficient (Wildman–Crippen LogP) is 4.89. The lowest BCUT2D eigenvalue weighted by atomic mass is 9.80. The van der Waals surface area contributed by atoms with E-state index >= 15 is 0 Å². The zero-order valence-electron chi connectivity index (χ0n) is 11.4. The van der Waals surface area contributed by atoms with Crippen molar-refractivity contribution in [3.05, 3.63) is 29.8 Å². The molecule has 2 rings (SSSR count). The maximum absolute atomic E-state index is 12.8. The van der Waals surface area contributed by atoms with Crippen LogP contribution in [0.4, 0.5) is 18.9 Å². The van der Waals surface area contributed by atoms with Gasteiger partial charge in [0.2, 0.25) is 5.91 Å². The summed E-state index contributed by atoms with van der Waals surface area (Å²) in [6.07, 6.45) is -3.21. The summed E-state index contributed by atoms with van der Waals surface area (Å²) in [6, 6.07) is 7.27. The van der Waals surface area contributed by atoms with E-state index in [1.807, 2.05) is 12.1 Å². The van der Waals surface area contributed by atoms with Crippen LogP contribution < -0.4 is 5.32 Å². The Bertz CT molecular complexity index is 504. The first-order valence-corrected chi connectivity index (χ1v) is 8.05. The van der Waals surface area contributed by atoms with Gasteiger partial charge in [0.25, 0.3) is 0 Å². The molecular weight excluding hydrogens is 347 g/mol. The van der Waals surface area contributed by atoms with Crippen LogP contribution in [0.15, 0.2) is 24.3 Å². The smallest absolute Gasteiger partial charge is 0.326 e. The monoisotopic (exact) mass is 363 g/mol. The van der Waals surface area contributed by atoms with Crippen LogP contribution in [0.2, 0.25) is 0 Å². The molecule has 2 atom stereocenters. The lowest BCUT2D eigenvalue weighted by Gasteiger charge is -2.29. The van der Waals surface area contributed by atoms with Crippen LogP contribution in [0.3, 0.4) is 0 Å². The Morgan fingerprint density at radius 1 is 1.29 bits per heavy atom. The third kappa shape index (κ3) is 4.22. The van der Waals surface area contributed by atoms with E-state index in [4.69, 9.17) is 0 Å². The quantitative estimate of drug-likeness (QED) is 0.761. The topological polar surface area (TPSA) is 29.1 Å². The standard InChI is InChI=1S/C15H17BrF3NO/c16-9-11-4-1-2-7-13(11)20-14(21)10-5-3-6-12(8-10)15(17,18)19/h1-2,4,7,10,12H,3,5-6,8-9H2,(H,20,21). The summed E-state index contributed by atoms with van der Waals surface area (Å²) >= 11 is 3.33. The van der Waals surface area contributed by atoms with Gasteiger partial charge in [-0.25, -0.2) is 0 Å². The molecule has 1 aromatic carbocycles. The van der Waals surface area contributed by atoms with Crippen molar-refractivity contribution in [2.45, 2.75) is 37.2 Å². The maximum Gasteiger partial charge on any atom is 0.391 e. The first kappa shape index (κ1) is 16.3. The molecule has 0 saturated heterocycles. The van der Waals surface area contributed by atoms with Gasteiger partial charge < -0.3 is 5.32 Å². The molecule has 1 amide bonds. The van der Waals surface area contributed by atoms with Crippen LogP contribution in [0.25, 0.3) is 0 Å². The van der Waals surface area contributed by atoms with Crippen molar-refractivity contribution in [2.24, 2.45) is 11.8 Å². The van der Waals surface area contributed by atoms with Crippen molar-refractivity contribution >= 4 is 27.5 Å². The van der Waals surface area contributed by atoms with Crippen LogP contribution in [-0.2, 0) is 10.1 Å². The summed E-state index contributed by atoms with van der Waals surface area (Å²) in [4.78, 5) is 12.2. The number of carbonyl (C=O) groups excluding carboxylic acids is 1. The van der Waals surface area contributed by atoms with Gasteiger partial charge in [-0.2, -0.15) is 13.2 Å². The molecule has 1 aliphatic carbocycles. The minimum Gasteiger partial charge on any atom is -0.326 e. The van der Waals surface area contributed by atoms with E-state index in [9.17, 15) is 18.0 Å². The van der Waals surface area contributed by atoms with Gasteiger partial charge in [0.05, 0.1) is 5.92 Å². The van der Waals surface area contributed by atoms with Crippen LogP contribution >= 0.6 is 15.9 Å². The van der Waals surface area contributed by atoms with E-state index in [0.717, 1.165) is 5.56 Å². The van der Waals surface area contributed by atoms with Gasteiger partial charge in [-0.3, -0.25) is 4.79 Å². The number of nitrogens with one attached hydrogen (secondary N) is 1. The van der Waals surface area contributed by atoms with E-state index < -0.39 is 18.0 Å². The molecule has 1 aliphatic rings. The zero-order chi connectivity index (χ0) is 15.5. The fraction of sp³-hybridized carbons (Fsp3) is 0.533. The van der Waals surface area contributed by atoms with E-state index in [1.165, 1.54) is 0 Å². The predicted molar refractivity (Wildman–Crippen MR) is 79.2 cm³/mol. The Balaban J connectivity index is 2.03. The summed E-state index contributed by atoms with van der Waals surface area (Å²) in [5.74, 6) is -2.22. The van der Waals surface area contributed by atoms with E-state index in [2.05, 4.69) is 21.2 Å². The number of para-hydroxylation sites is 1. The maximum atomic E-state index is 12.8. The minimum atomic E-state index is -4.20. The van der Waals surface area contributed by atoms with Gasteiger partial charge in [-0.1, -0.05) is 40.5 Å². The van der Waals surface area contributed by atoms with Gasteiger partial charge in [0.1, 0.15) is 0 Å². The fourth-order valence-electron chi connectivity index (χ4n) is 2.72. The number of halogens is 4. The largest absolute Gasteiger partial charge is 0.391 e. The van der Waals surface area contributed by atoms with Gasteiger partial charge >= 0.3 is 6.18 Å². The van der Waals surface area contributed by atoms with Gasteiger partial charge in [0.15, 0.2) is 0 Å². The highest BCUT2D eigenvalue weighted by molar-refractivity contribution is 9.08. The van der Waals surface area contributed by atoms with E-state index in [1.54, 1.807) is 12.1 Å².